The Morgan fingerprint density at radius 2 is 2.06 bits per heavy atom. The lowest BCUT2D eigenvalue weighted by Crippen LogP contribution is -2.29. The molecule has 0 bridgehead atoms. The zero-order valence-electron chi connectivity index (χ0n) is 10.5. The quantitative estimate of drug-likeness (QED) is 0.343. The average Bonchev–Trinajstić information content (AvgIpc) is 2.33. The summed E-state index contributed by atoms with van der Waals surface area (Å²) in [5.74, 6) is 5.73. The molecule has 1 aromatic rings. The summed E-state index contributed by atoms with van der Waals surface area (Å²) in [6.45, 7) is 4.76. The molecular weight excluding hydrogens is 216 g/mol. The van der Waals surface area contributed by atoms with Crippen LogP contribution in [0.2, 0.25) is 0 Å². The maximum absolute atomic E-state index is 10.9. The predicted molar refractivity (Wildman–Crippen MR) is 67.6 cm³/mol. The number of hydrogen-bond donors (Lipinski definition) is 2. The SMILES string of the molecule is Cc1ccc(OCCCCC(=O)NN)cc1C. The molecule has 0 atom stereocenters. The molecule has 0 saturated carbocycles. The summed E-state index contributed by atoms with van der Waals surface area (Å²) in [6, 6.07) is 6.05. The second-order valence-electron chi connectivity index (χ2n) is 4.12. The molecule has 0 spiro atoms. The van der Waals surface area contributed by atoms with Gasteiger partial charge in [0.15, 0.2) is 0 Å². The van der Waals surface area contributed by atoms with Crippen molar-refractivity contribution in [3.05, 3.63) is 29.3 Å². The average molecular weight is 236 g/mol. The van der Waals surface area contributed by atoms with Crippen molar-refractivity contribution in [2.24, 2.45) is 5.84 Å². The first kappa shape index (κ1) is 13.5. The Morgan fingerprint density at radius 1 is 1.29 bits per heavy atom. The van der Waals surface area contributed by atoms with E-state index < -0.39 is 0 Å². The summed E-state index contributed by atoms with van der Waals surface area (Å²) < 4.78 is 5.59. The fourth-order valence-electron chi connectivity index (χ4n) is 1.45. The van der Waals surface area contributed by atoms with E-state index in [9.17, 15) is 4.79 Å². The number of carbonyl (C=O) groups is 1. The number of hydrogen-bond acceptors (Lipinski definition) is 3. The van der Waals surface area contributed by atoms with E-state index in [0.717, 1.165) is 18.6 Å². The standard InChI is InChI=1S/C13H20N2O2/c1-10-6-7-12(9-11(10)2)17-8-4-3-5-13(16)15-14/h6-7,9H,3-5,8,14H2,1-2H3,(H,15,16). The molecule has 0 aliphatic rings. The molecular formula is C13H20N2O2. The van der Waals surface area contributed by atoms with Crippen molar-refractivity contribution in [3.8, 4) is 5.75 Å². The molecule has 1 rings (SSSR count). The van der Waals surface area contributed by atoms with E-state index in [1.165, 1.54) is 11.1 Å². The van der Waals surface area contributed by atoms with Gasteiger partial charge in [0.1, 0.15) is 5.75 Å². The predicted octanol–water partition coefficient (Wildman–Crippen LogP) is 1.84. The first-order valence-corrected chi connectivity index (χ1v) is 5.83. The normalized spacial score (nSPS) is 10.1. The lowest BCUT2D eigenvalue weighted by molar-refractivity contribution is -0.121. The van der Waals surface area contributed by atoms with Gasteiger partial charge in [-0.25, -0.2) is 5.84 Å². The number of amides is 1. The zero-order valence-corrected chi connectivity index (χ0v) is 10.5. The van der Waals surface area contributed by atoms with E-state index >= 15 is 0 Å². The number of rotatable bonds is 6. The van der Waals surface area contributed by atoms with Crippen LogP contribution < -0.4 is 16.0 Å². The number of hydrazine groups is 1. The van der Waals surface area contributed by atoms with E-state index in [2.05, 4.69) is 19.3 Å². The molecule has 4 nitrogen and oxygen atoms in total. The molecule has 1 aromatic carbocycles. The van der Waals surface area contributed by atoms with Crippen LogP contribution in [-0.4, -0.2) is 12.5 Å². The molecule has 4 heteroatoms. The van der Waals surface area contributed by atoms with Crippen LogP contribution in [0.25, 0.3) is 0 Å². The summed E-state index contributed by atoms with van der Waals surface area (Å²) >= 11 is 0. The monoisotopic (exact) mass is 236 g/mol. The van der Waals surface area contributed by atoms with Crippen molar-refractivity contribution in [1.29, 1.82) is 0 Å². The smallest absolute Gasteiger partial charge is 0.233 e. The topological polar surface area (TPSA) is 64.3 Å². The molecule has 0 aromatic heterocycles. The first-order chi connectivity index (χ1) is 8.13. The summed E-state index contributed by atoms with van der Waals surface area (Å²) in [6.07, 6.45) is 2.08. The van der Waals surface area contributed by atoms with Crippen molar-refractivity contribution in [2.75, 3.05) is 6.61 Å². The molecule has 0 heterocycles. The lowest BCUT2D eigenvalue weighted by atomic mass is 10.1. The highest BCUT2D eigenvalue weighted by Gasteiger charge is 1.99. The largest absolute Gasteiger partial charge is 0.494 e. The summed E-state index contributed by atoms with van der Waals surface area (Å²) in [4.78, 5) is 10.9. The molecule has 0 radical (unpaired) electrons. The molecule has 0 saturated heterocycles. The van der Waals surface area contributed by atoms with Gasteiger partial charge in [-0.3, -0.25) is 10.2 Å². The van der Waals surface area contributed by atoms with E-state index in [4.69, 9.17) is 10.6 Å². The second kappa shape index (κ2) is 6.91. The number of benzene rings is 1. The van der Waals surface area contributed by atoms with Crippen molar-refractivity contribution in [3.63, 3.8) is 0 Å². The molecule has 0 fully saturated rings. The number of ether oxygens (including phenoxy) is 1. The van der Waals surface area contributed by atoms with Crippen molar-refractivity contribution < 1.29 is 9.53 Å². The molecule has 3 N–H and O–H groups in total. The van der Waals surface area contributed by atoms with E-state index in [-0.39, 0.29) is 5.91 Å². The lowest BCUT2D eigenvalue weighted by Gasteiger charge is -2.08. The van der Waals surface area contributed by atoms with Gasteiger partial charge in [-0.1, -0.05) is 6.07 Å². The van der Waals surface area contributed by atoms with E-state index in [1.807, 2.05) is 18.2 Å². The third-order valence-electron chi connectivity index (χ3n) is 2.71. The minimum Gasteiger partial charge on any atom is -0.494 e. The number of nitrogens with two attached hydrogens (primary N) is 1. The van der Waals surface area contributed by atoms with Crippen LogP contribution in [0.3, 0.4) is 0 Å². The van der Waals surface area contributed by atoms with E-state index in [1.54, 1.807) is 0 Å². The Kier molecular flexibility index (Phi) is 5.49. The number of aryl methyl sites for hydroxylation is 2. The minimum atomic E-state index is -0.129. The van der Waals surface area contributed by atoms with Crippen molar-refractivity contribution >= 4 is 5.91 Å². The Balaban J connectivity index is 2.22. The molecule has 0 aliphatic carbocycles. The van der Waals surface area contributed by atoms with Gasteiger partial charge in [0, 0.05) is 6.42 Å². The number of nitrogens with one attached hydrogen (secondary N) is 1. The molecule has 94 valence electrons. The van der Waals surface area contributed by atoms with Gasteiger partial charge in [0.25, 0.3) is 0 Å². The Hall–Kier alpha value is -1.55. The first-order valence-electron chi connectivity index (χ1n) is 5.83. The third-order valence-corrected chi connectivity index (χ3v) is 2.71. The fraction of sp³-hybridized carbons (Fsp3) is 0.462. The summed E-state index contributed by atoms with van der Waals surface area (Å²) in [5.41, 5.74) is 4.60. The van der Waals surface area contributed by atoms with Crippen LogP contribution in [0.15, 0.2) is 18.2 Å². The van der Waals surface area contributed by atoms with Gasteiger partial charge in [-0.15, -0.1) is 0 Å². The summed E-state index contributed by atoms with van der Waals surface area (Å²) in [7, 11) is 0. The maximum atomic E-state index is 10.9. The Morgan fingerprint density at radius 3 is 2.71 bits per heavy atom. The minimum absolute atomic E-state index is 0.129. The third kappa shape index (κ3) is 4.87. The fourth-order valence-corrected chi connectivity index (χ4v) is 1.45. The van der Waals surface area contributed by atoms with Crippen LogP contribution in [0, 0.1) is 13.8 Å². The highest BCUT2D eigenvalue weighted by Crippen LogP contribution is 2.16. The number of unbranched alkanes of at least 4 members (excludes halogenated alkanes) is 1. The maximum Gasteiger partial charge on any atom is 0.233 e. The van der Waals surface area contributed by atoms with Crippen molar-refractivity contribution in [2.45, 2.75) is 33.1 Å². The molecule has 0 aliphatic heterocycles. The van der Waals surface area contributed by atoms with Crippen LogP contribution in [0.1, 0.15) is 30.4 Å². The number of carbonyl (C=O) groups excluding carboxylic acids is 1. The van der Waals surface area contributed by atoms with Gasteiger partial charge in [0.05, 0.1) is 6.61 Å². The van der Waals surface area contributed by atoms with E-state index in [0.29, 0.717) is 13.0 Å². The Bertz CT molecular complexity index is 378. The van der Waals surface area contributed by atoms with Gasteiger partial charge >= 0.3 is 0 Å². The van der Waals surface area contributed by atoms with Crippen LogP contribution >= 0.6 is 0 Å². The highest BCUT2D eigenvalue weighted by molar-refractivity contribution is 5.75. The Labute approximate surface area is 102 Å². The van der Waals surface area contributed by atoms with Gasteiger partial charge in [-0.05, 0) is 49.9 Å². The molecule has 1 amide bonds. The molecule has 0 unspecified atom stereocenters. The zero-order chi connectivity index (χ0) is 12.7. The van der Waals surface area contributed by atoms with Crippen LogP contribution in [0.5, 0.6) is 5.75 Å². The van der Waals surface area contributed by atoms with Gasteiger partial charge in [-0.2, -0.15) is 0 Å². The summed E-state index contributed by atoms with van der Waals surface area (Å²) in [5, 5.41) is 0. The van der Waals surface area contributed by atoms with Gasteiger partial charge in [0.2, 0.25) is 5.91 Å². The van der Waals surface area contributed by atoms with Crippen LogP contribution in [0.4, 0.5) is 0 Å². The molecule has 17 heavy (non-hydrogen) atoms. The van der Waals surface area contributed by atoms with Gasteiger partial charge < -0.3 is 4.74 Å². The van der Waals surface area contributed by atoms with Crippen molar-refractivity contribution in [1.82, 2.24) is 5.43 Å². The second-order valence-corrected chi connectivity index (χ2v) is 4.12. The van der Waals surface area contributed by atoms with Crippen LogP contribution in [-0.2, 0) is 4.79 Å². The highest BCUT2D eigenvalue weighted by atomic mass is 16.5.